The number of hydrogen-bond donors (Lipinski definition) is 2. The van der Waals surface area contributed by atoms with Crippen molar-refractivity contribution in [2.45, 2.75) is 26.4 Å². The summed E-state index contributed by atoms with van der Waals surface area (Å²) in [6, 6.07) is 9.19. The van der Waals surface area contributed by atoms with E-state index in [4.69, 9.17) is 5.26 Å². The van der Waals surface area contributed by atoms with Gasteiger partial charge in [0.15, 0.2) is 0 Å². The summed E-state index contributed by atoms with van der Waals surface area (Å²) in [6.45, 7) is 4.24. The van der Waals surface area contributed by atoms with Gasteiger partial charge in [0.2, 0.25) is 0 Å². The molecule has 0 amide bonds. The number of hydrogen-bond acceptors (Lipinski definition) is 5. The third-order valence-corrected chi connectivity index (χ3v) is 2.90. The first-order chi connectivity index (χ1) is 9.52. The van der Waals surface area contributed by atoms with Gasteiger partial charge in [-0.05, 0) is 31.5 Å². The molecule has 2 aromatic carbocycles. The van der Waals surface area contributed by atoms with E-state index in [9.17, 15) is 9.59 Å². The second-order valence-corrected chi connectivity index (χ2v) is 4.87. The third-order valence-electron chi connectivity index (χ3n) is 2.90. The Balaban J connectivity index is 2.08. The van der Waals surface area contributed by atoms with E-state index in [1.807, 2.05) is 32.0 Å². The maximum Gasteiger partial charge on any atom is 0.253 e. The Morgan fingerprint density at radius 1 is 1.10 bits per heavy atom. The molecule has 0 aliphatic heterocycles. The lowest BCUT2D eigenvalue weighted by atomic mass is 10.1. The van der Waals surface area contributed by atoms with Gasteiger partial charge in [0.25, 0.3) is 10.9 Å². The Morgan fingerprint density at radius 3 is 2.25 bits per heavy atom. The minimum Gasteiger partial charge on any atom is -0.378 e. The van der Waals surface area contributed by atoms with Crippen LogP contribution in [0.1, 0.15) is 25.0 Å². The molecular weight excluding hydrogens is 254 g/mol. The highest BCUT2D eigenvalue weighted by Crippen LogP contribution is 2.16. The predicted molar refractivity (Wildman–Crippen MR) is 78.6 cm³/mol. The summed E-state index contributed by atoms with van der Waals surface area (Å²) in [4.78, 5) is 23.0. The molecule has 0 bridgehead atoms. The zero-order chi connectivity index (χ0) is 14.7. The molecule has 0 aliphatic rings. The highest BCUT2D eigenvalue weighted by Gasteiger charge is 2.20. The average molecular weight is 269 g/mol. The number of nitrogens with zero attached hydrogens (tertiary/aromatic N) is 1. The molecule has 2 N–H and O–H groups in total. The lowest BCUT2D eigenvalue weighted by Crippen LogP contribution is -2.38. The number of benzene rings is 1. The van der Waals surface area contributed by atoms with E-state index in [1.54, 1.807) is 12.1 Å². The second kappa shape index (κ2) is 5.57. The van der Waals surface area contributed by atoms with Crippen LogP contribution < -0.4 is 21.5 Å². The first kappa shape index (κ1) is 13.8. The largest absolute Gasteiger partial charge is 0.378 e. The fourth-order valence-electron chi connectivity index (χ4n) is 1.87. The van der Waals surface area contributed by atoms with Crippen molar-refractivity contribution in [1.82, 2.24) is 0 Å². The molecule has 0 radical (unpaired) electrons. The van der Waals surface area contributed by atoms with Crippen LogP contribution in [0.4, 0.5) is 11.4 Å². The molecule has 0 heterocycles. The summed E-state index contributed by atoms with van der Waals surface area (Å²) < 4.78 is 0. The van der Waals surface area contributed by atoms with Crippen molar-refractivity contribution in [2.75, 3.05) is 10.6 Å². The standard InChI is InChI=1S/C15H15N3O2/c1-9(2)18-13-12(14(19)15(13)20)17-8-11-5-3-10(7-16)4-6-11/h3-6,9,17-18H,8H2,1-2H3. The summed E-state index contributed by atoms with van der Waals surface area (Å²) in [7, 11) is 0. The monoisotopic (exact) mass is 269 g/mol. The summed E-state index contributed by atoms with van der Waals surface area (Å²) in [5.41, 5.74) is 1.27. The zero-order valence-corrected chi connectivity index (χ0v) is 11.4. The average Bonchev–Trinajstić information content (AvgIpc) is 2.46. The van der Waals surface area contributed by atoms with E-state index >= 15 is 0 Å². The van der Waals surface area contributed by atoms with Gasteiger partial charge >= 0.3 is 0 Å². The van der Waals surface area contributed by atoms with E-state index in [0.29, 0.717) is 23.5 Å². The van der Waals surface area contributed by atoms with Crippen LogP contribution in [0.15, 0.2) is 33.9 Å². The van der Waals surface area contributed by atoms with Gasteiger partial charge < -0.3 is 10.6 Å². The van der Waals surface area contributed by atoms with E-state index < -0.39 is 10.9 Å². The fourth-order valence-corrected chi connectivity index (χ4v) is 1.87. The summed E-state index contributed by atoms with van der Waals surface area (Å²) in [5, 5.41) is 14.7. The van der Waals surface area contributed by atoms with E-state index in [-0.39, 0.29) is 6.04 Å². The van der Waals surface area contributed by atoms with E-state index in [1.165, 1.54) is 0 Å². The predicted octanol–water partition coefficient (Wildman–Crippen LogP) is 1.59. The van der Waals surface area contributed by atoms with E-state index in [2.05, 4.69) is 10.6 Å². The molecule has 2 rings (SSSR count). The van der Waals surface area contributed by atoms with Gasteiger partial charge in [-0.25, -0.2) is 0 Å². The van der Waals surface area contributed by atoms with Crippen molar-refractivity contribution in [2.24, 2.45) is 0 Å². The van der Waals surface area contributed by atoms with E-state index in [0.717, 1.165) is 5.56 Å². The quantitative estimate of drug-likeness (QED) is 0.805. The third kappa shape index (κ3) is 2.69. The minimum atomic E-state index is -0.484. The lowest BCUT2D eigenvalue weighted by molar-refractivity contribution is 0.893. The molecule has 20 heavy (non-hydrogen) atoms. The molecule has 0 aromatic heterocycles. The van der Waals surface area contributed by atoms with Crippen LogP contribution in [-0.4, -0.2) is 6.04 Å². The first-order valence-electron chi connectivity index (χ1n) is 6.35. The molecule has 0 fully saturated rings. The molecule has 5 heteroatoms. The van der Waals surface area contributed by atoms with Crippen LogP contribution >= 0.6 is 0 Å². The highest BCUT2D eigenvalue weighted by atomic mass is 16.2. The fraction of sp³-hybridized carbons (Fsp3) is 0.267. The number of anilines is 2. The van der Waals surface area contributed by atoms with Crippen molar-refractivity contribution in [3.63, 3.8) is 0 Å². The molecule has 0 spiro atoms. The molecule has 0 aliphatic carbocycles. The highest BCUT2D eigenvalue weighted by molar-refractivity contribution is 5.74. The number of rotatable bonds is 5. The van der Waals surface area contributed by atoms with Crippen molar-refractivity contribution in [1.29, 1.82) is 5.26 Å². The van der Waals surface area contributed by atoms with Crippen molar-refractivity contribution in [3.8, 4) is 6.07 Å². The SMILES string of the molecule is CC(C)Nc1c(NCc2ccc(C#N)cc2)c(=O)c1=O. The Labute approximate surface area is 116 Å². The van der Waals surface area contributed by atoms with Crippen molar-refractivity contribution in [3.05, 3.63) is 55.8 Å². The van der Waals surface area contributed by atoms with Gasteiger partial charge in [0, 0.05) is 12.6 Å². The Morgan fingerprint density at radius 2 is 1.70 bits per heavy atom. The van der Waals surface area contributed by atoms with Gasteiger partial charge in [-0.1, -0.05) is 12.1 Å². The smallest absolute Gasteiger partial charge is 0.253 e. The lowest BCUT2D eigenvalue weighted by Gasteiger charge is -2.16. The molecule has 0 atom stereocenters. The molecule has 0 saturated carbocycles. The molecule has 0 unspecified atom stereocenters. The van der Waals surface area contributed by atoms with Gasteiger partial charge in [-0.3, -0.25) is 9.59 Å². The number of nitrogens with one attached hydrogen (secondary N) is 2. The summed E-state index contributed by atoms with van der Waals surface area (Å²) >= 11 is 0. The number of nitriles is 1. The second-order valence-electron chi connectivity index (χ2n) is 4.87. The Hall–Kier alpha value is -2.61. The topological polar surface area (TPSA) is 82.0 Å². The first-order valence-corrected chi connectivity index (χ1v) is 6.35. The maximum absolute atomic E-state index is 11.5. The van der Waals surface area contributed by atoms with Crippen molar-refractivity contribution >= 4 is 11.4 Å². The van der Waals surface area contributed by atoms with Gasteiger partial charge in [0.1, 0.15) is 11.4 Å². The van der Waals surface area contributed by atoms with Gasteiger partial charge in [-0.2, -0.15) is 5.26 Å². The molecule has 0 saturated heterocycles. The molecule has 102 valence electrons. The molecular formula is C15H15N3O2. The van der Waals surface area contributed by atoms with Crippen molar-refractivity contribution < 1.29 is 0 Å². The Bertz CT molecular complexity index is 717. The van der Waals surface area contributed by atoms with Gasteiger partial charge in [-0.15, -0.1) is 0 Å². The normalized spacial score (nSPS) is 10.5. The van der Waals surface area contributed by atoms with Gasteiger partial charge in [0.05, 0.1) is 11.6 Å². The van der Waals surface area contributed by atoms with Crippen LogP contribution in [-0.2, 0) is 6.54 Å². The minimum absolute atomic E-state index is 0.0914. The molecule has 5 nitrogen and oxygen atoms in total. The zero-order valence-electron chi connectivity index (χ0n) is 11.4. The molecule has 2 aromatic rings. The summed E-state index contributed by atoms with van der Waals surface area (Å²) in [6.07, 6.45) is 0. The summed E-state index contributed by atoms with van der Waals surface area (Å²) in [5.74, 6) is 0. The maximum atomic E-state index is 11.5. The van der Waals surface area contributed by atoms with Crippen LogP contribution in [0.25, 0.3) is 0 Å². The van der Waals surface area contributed by atoms with Crippen LogP contribution in [0.2, 0.25) is 0 Å². The van der Waals surface area contributed by atoms with Crippen LogP contribution in [0, 0.1) is 11.3 Å². The Kier molecular flexibility index (Phi) is 3.85. The van der Waals surface area contributed by atoms with Crippen LogP contribution in [0.5, 0.6) is 0 Å². The van der Waals surface area contributed by atoms with Crippen LogP contribution in [0.3, 0.4) is 0 Å².